The van der Waals surface area contributed by atoms with Gasteiger partial charge in [-0.05, 0) is 17.7 Å². The van der Waals surface area contributed by atoms with Gasteiger partial charge in [-0.15, -0.1) is 12.4 Å². The van der Waals surface area contributed by atoms with Crippen molar-refractivity contribution in [2.75, 3.05) is 19.6 Å². The Labute approximate surface area is 84.4 Å². The van der Waals surface area contributed by atoms with E-state index >= 15 is 0 Å². The summed E-state index contributed by atoms with van der Waals surface area (Å²) < 4.78 is 0. The van der Waals surface area contributed by atoms with E-state index in [0.717, 1.165) is 19.6 Å². The van der Waals surface area contributed by atoms with Crippen LogP contribution in [0.15, 0.2) is 24.5 Å². The summed E-state index contributed by atoms with van der Waals surface area (Å²) in [7, 11) is 0. The van der Waals surface area contributed by atoms with Crippen molar-refractivity contribution < 1.29 is 0 Å². The van der Waals surface area contributed by atoms with E-state index in [9.17, 15) is 0 Å². The molecule has 0 saturated carbocycles. The Kier molecular flexibility index (Phi) is 4.15. The van der Waals surface area contributed by atoms with Gasteiger partial charge in [-0.3, -0.25) is 4.98 Å². The molecular weight excluding hydrogens is 186 g/mol. The number of hydrogen-bond donors (Lipinski definition) is 2. The first-order chi connectivity index (χ1) is 5.97. The second-order valence-electron chi connectivity index (χ2n) is 2.99. The van der Waals surface area contributed by atoms with Crippen LogP contribution >= 0.6 is 12.4 Å². The number of pyridine rings is 1. The van der Waals surface area contributed by atoms with E-state index in [-0.39, 0.29) is 12.4 Å². The average molecular weight is 200 g/mol. The average Bonchev–Trinajstić information content (AvgIpc) is 2.21. The zero-order valence-corrected chi connectivity index (χ0v) is 8.18. The third-order valence-electron chi connectivity index (χ3n) is 2.15. The number of halogens is 1. The van der Waals surface area contributed by atoms with Crippen LogP contribution < -0.4 is 10.6 Å². The Hall–Kier alpha value is -0.640. The van der Waals surface area contributed by atoms with Gasteiger partial charge >= 0.3 is 0 Å². The van der Waals surface area contributed by atoms with Crippen molar-refractivity contribution in [3.63, 3.8) is 0 Å². The van der Waals surface area contributed by atoms with Crippen LogP contribution in [0.3, 0.4) is 0 Å². The molecule has 72 valence electrons. The highest BCUT2D eigenvalue weighted by Gasteiger charge is 2.12. The van der Waals surface area contributed by atoms with Crippen LogP contribution in [0.5, 0.6) is 0 Å². The quantitative estimate of drug-likeness (QED) is 0.701. The molecular formula is C9H14ClN3. The lowest BCUT2D eigenvalue weighted by Crippen LogP contribution is -2.42. The molecule has 3 nitrogen and oxygen atoms in total. The van der Waals surface area contributed by atoms with E-state index in [0.29, 0.717) is 6.04 Å². The summed E-state index contributed by atoms with van der Waals surface area (Å²) in [6.45, 7) is 3.14. The lowest BCUT2D eigenvalue weighted by Gasteiger charge is -2.24. The summed E-state index contributed by atoms with van der Waals surface area (Å²) >= 11 is 0. The summed E-state index contributed by atoms with van der Waals surface area (Å²) in [6, 6.07) is 4.58. The van der Waals surface area contributed by atoms with Gasteiger partial charge in [-0.1, -0.05) is 0 Å². The fourth-order valence-electron chi connectivity index (χ4n) is 1.48. The molecule has 0 aliphatic carbocycles. The molecule has 1 fully saturated rings. The maximum atomic E-state index is 3.99. The van der Waals surface area contributed by atoms with Crippen LogP contribution in [0.4, 0.5) is 0 Å². The molecule has 2 rings (SSSR count). The minimum atomic E-state index is 0. The van der Waals surface area contributed by atoms with Gasteiger partial charge in [0.15, 0.2) is 0 Å². The fourth-order valence-corrected chi connectivity index (χ4v) is 1.48. The maximum absolute atomic E-state index is 3.99. The second kappa shape index (κ2) is 5.17. The summed E-state index contributed by atoms with van der Waals surface area (Å²) in [5.74, 6) is 0. The highest BCUT2D eigenvalue weighted by Crippen LogP contribution is 2.11. The summed E-state index contributed by atoms with van der Waals surface area (Å²) in [5.41, 5.74) is 1.32. The van der Waals surface area contributed by atoms with Crippen molar-refractivity contribution in [2.45, 2.75) is 6.04 Å². The number of nitrogens with zero attached hydrogens (tertiary/aromatic N) is 1. The standard InChI is InChI=1S/C9H13N3.ClH/c1-3-10-4-2-8(1)9-7-11-5-6-12-9;/h1-4,9,11-12H,5-7H2;1H/t9-;/m1./s1. The molecule has 1 aliphatic rings. The molecule has 0 unspecified atom stereocenters. The predicted octanol–water partition coefficient (Wildman–Crippen LogP) is 0.737. The zero-order chi connectivity index (χ0) is 8.23. The van der Waals surface area contributed by atoms with Crippen molar-refractivity contribution in [3.8, 4) is 0 Å². The van der Waals surface area contributed by atoms with E-state index in [2.05, 4.69) is 27.8 Å². The molecule has 2 N–H and O–H groups in total. The monoisotopic (exact) mass is 199 g/mol. The highest BCUT2D eigenvalue weighted by atomic mass is 35.5. The summed E-state index contributed by atoms with van der Waals surface area (Å²) in [6.07, 6.45) is 3.68. The molecule has 1 atom stereocenters. The molecule has 1 aromatic heterocycles. The van der Waals surface area contributed by atoms with Crippen molar-refractivity contribution in [3.05, 3.63) is 30.1 Å². The van der Waals surface area contributed by atoms with Crippen LogP contribution in [-0.4, -0.2) is 24.6 Å². The Morgan fingerprint density at radius 3 is 2.62 bits per heavy atom. The normalized spacial score (nSPS) is 22.0. The second-order valence-corrected chi connectivity index (χ2v) is 2.99. The summed E-state index contributed by atoms with van der Waals surface area (Å²) in [5, 5.41) is 6.80. The van der Waals surface area contributed by atoms with Gasteiger partial charge in [-0.2, -0.15) is 0 Å². The number of aromatic nitrogens is 1. The van der Waals surface area contributed by atoms with Gasteiger partial charge < -0.3 is 10.6 Å². The van der Waals surface area contributed by atoms with Gasteiger partial charge in [0.1, 0.15) is 0 Å². The van der Waals surface area contributed by atoms with Crippen molar-refractivity contribution in [1.29, 1.82) is 0 Å². The zero-order valence-electron chi connectivity index (χ0n) is 7.36. The van der Waals surface area contributed by atoms with E-state index < -0.39 is 0 Å². The third kappa shape index (κ3) is 2.66. The predicted molar refractivity (Wildman–Crippen MR) is 55.1 cm³/mol. The van der Waals surface area contributed by atoms with E-state index in [4.69, 9.17) is 0 Å². The SMILES string of the molecule is Cl.c1cc([C@H]2CNCCN2)ccn1. The number of hydrogen-bond acceptors (Lipinski definition) is 3. The van der Waals surface area contributed by atoms with Gasteiger partial charge in [-0.25, -0.2) is 0 Å². The molecule has 2 heterocycles. The van der Waals surface area contributed by atoms with Crippen LogP contribution in [-0.2, 0) is 0 Å². The molecule has 0 bridgehead atoms. The third-order valence-corrected chi connectivity index (χ3v) is 2.15. The molecule has 0 radical (unpaired) electrons. The number of rotatable bonds is 1. The summed E-state index contributed by atoms with van der Waals surface area (Å²) in [4.78, 5) is 3.99. The number of piperazine rings is 1. The molecule has 0 spiro atoms. The highest BCUT2D eigenvalue weighted by molar-refractivity contribution is 5.85. The topological polar surface area (TPSA) is 37.0 Å². The Bertz CT molecular complexity index is 234. The molecule has 1 saturated heterocycles. The van der Waals surface area contributed by atoms with Crippen LogP contribution in [0.25, 0.3) is 0 Å². The van der Waals surface area contributed by atoms with Gasteiger partial charge in [0.25, 0.3) is 0 Å². The lowest BCUT2D eigenvalue weighted by atomic mass is 10.1. The van der Waals surface area contributed by atoms with Gasteiger partial charge in [0.05, 0.1) is 0 Å². The van der Waals surface area contributed by atoms with Crippen molar-refractivity contribution in [2.24, 2.45) is 0 Å². The molecule has 0 amide bonds. The molecule has 1 aliphatic heterocycles. The maximum Gasteiger partial charge on any atom is 0.0448 e. The minimum absolute atomic E-state index is 0. The molecule has 13 heavy (non-hydrogen) atoms. The van der Waals surface area contributed by atoms with Gasteiger partial charge in [0.2, 0.25) is 0 Å². The first-order valence-electron chi connectivity index (χ1n) is 4.31. The smallest absolute Gasteiger partial charge is 0.0448 e. The van der Waals surface area contributed by atoms with Crippen LogP contribution in [0.1, 0.15) is 11.6 Å². The van der Waals surface area contributed by atoms with E-state index in [1.807, 2.05) is 12.4 Å². The fraction of sp³-hybridized carbons (Fsp3) is 0.444. The minimum Gasteiger partial charge on any atom is -0.314 e. The van der Waals surface area contributed by atoms with Crippen LogP contribution in [0.2, 0.25) is 0 Å². The molecule has 1 aromatic rings. The van der Waals surface area contributed by atoms with Crippen molar-refractivity contribution in [1.82, 2.24) is 15.6 Å². The first kappa shape index (κ1) is 10.4. The van der Waals surface area contributed by atoms with E-state index in [1.54, 1.807) is 0 Å². The largest absolute Gasteiger partial charge is 0.314 e. The lowest BCUT2D eigenvalue weighted by molar-refractivity contribution is 0.430. The Balaban J connectivity index is 0.000000845. The molecule has 4 heteroatoms. The first-order valence-corrected chi connectivity index (χ1v) is 4.31. The number of nitrogens with one attached hydrogen (secondary N) is 2. The van der Waals surface area contributed by atoms with E-state index in [1.165, 1.54) is 5.56 Å². The Morgan fingerprint density at radius 1 is 1.23 bits per heavy atom. The van der Waals surface area contributed by atoms with Gasteiger partial charge in [0, 0.05) is 38.1 Å². The Morgan fingerprint density at radius 2 is 2.00 bits per heavy atom. The molecule has 0 aromatic carbocycles. The van der Waals surface area contributed by atoms with Crippen molar-refractivity contribution >= 4 is 12.4 Å². The van der Waals surface area contributed by atoms with Crippen LogP contribution in [0, 0.1) is 0 Å².